The van der Waals surface area contributed by atoms with E-state index in [1.807, 2.05) is 0 Å². The SMILES string of the molecule is CC(C)(C)CCCCCC(=O)[O-].CC(C)(C)CCCCCC(=O)[O-].[Ag].[B]. The molecule has 0 aliphatic rings. The fourth-order valence-corrected chi connectivity index (χ4v) is 2.20. The Morgan fingerprint density at radius 2 is 0.885 bits per heavy atom. The number of rotatable bonds is 10. The van der Waals surface area contributed by atoms with E-state index in [4.69, 9.17) is 0 Å². The van der Waals surface area contributed by atoms with Crippen molar-refractivity contribution in [3.63, 3.8) is 0 Å². The number of carboxylic acid groups (broad SMARTS) is 2. The van der Waals surface area contributed by atoms with Crippen molar-refractivity contribution < 1.29 is 42.2 Å². The summed E-state index contributed by atoms with van der Waals surface area (Å²) < 4.78 is 0. The van der Waals surface area contributed by atoms with Crippen molar-refractivity contribution in [1.82, 2.24) is 0 Å². The maximum absolute atomic E-state index is 10.0. The smallest absolute Gasteiger partial charge is 0.0414 e. The molecule has 4 nitrogen and oxygen atoms in total. The first-order valence-electron chi connectivity index (χ1n) is 9.23. The van der Waals surface area contributed by atoms with E-state index in [0.29, 0.717) is 10.8 Å². The predicted molar refractivity (Wildman–Crippen MR) is 101 cm³/mol. The van der Waals surface area contributed by atoms with Crippen LogP contribution in [0.1, 0.15) is 106 Å². The maximum Gasteiger partial charge on any atom is 0.0414 e. The molecule has 0 fully saturated rings. The van der Waals surface area contributed by atoms with Gasteiger partial charge in [0, 0.05) is 42.7 Å². The molecule has 26 heavy (non-hydrogen) atoms. The minimum absolute atomic E-state index is 0. The van der Waals surface area contributed by atoms with Crippen LogP contribution >= 0.6 is 0 Å². The number of unbranched alkanes of at least 4 members (excludes halogenated alkanes) is 4. The molecule has 4 radical (unpaired) electrons. The van der Waals surface area contributed by atoms with Crippen LogP contribution in [-0.2, 0) is 32.0 Å². The minimum atomic E-state index is -0.925. The van der Waals surface area contributed by atoms with Crippen molar-refractivity contribution in [2.75, 3.05) is 0 Å². The Kier molecular flexibility index (Phi) is 23.2. The average molecular weight is 461 g/mol. The van der Waals surface area contributed by atoms with Crippen molar-refractivity contribution >= 4 is 20.4 Å². The number of carbonyl (C=O) groups excluding carboxylic acids is 2. The third-order valence-corrected chi connectivity index (χ3v) is 3.62. The van der Waals surface area contributed by atoms with E-state index in [1.54, 1.807) is 0 Å². The van der Waals surface area contributed by atoms with Gasteiger partial charge in [0.25, 0.3) is 0 Å². The molecule has 0 aromatic carbocycles. The number of hydrogen-bond donors (Lipinski definition) is 0. The molecule has 158 valence electrons. The summed E-state index contributed by atoms with van der Waals surface area (Å²) in [7, 11) is 0. The normalized spacial score (nSPS) is 10.7. The van der Waals surface area contributed by atoms with Gasteiger partial charge in [-0.1, -0.05) is 67.2 Å². The molecular weight excluding hydrogens is 423 g/mol. The second-order valence-corrected chi connectivity index (χ2v) is 8.99. The van der Waals surface area contributed by atoms with Crippen molar-refractivity contribution in [2.45, 2.75) is 106 Å². The molecule has 0 amide bonds. The Morgan fingerprint density at radius 1 is 0.615 bits per heavy atom. The summed E-state index contributed by atoms with van der Waals surface area (Å²) in [4.78, 5) is 20.1. The van der Waals surface area contributed by atoms with Crippen LogP contribution in [0.4, 0.5) is 0 Å². The topological polar surface area (TPSA) is 80.3 Å². The second-order valence-electron chi connectivity index (χ2n) is 8.99. The molecule has 6 heteroatoms. The van der Waals surface area contributed by atoms with E-state index >= 15 is 0 Å². The van der Waals surface area contributed by atoms with Gasteiger partial charge >= 0.3 is 0 Å². The predicted octanol–water partition coefficient (Wildman–Crippen LogP) is 3.08. The fourth-order valence-electron chi connectivity index (χ4n) is 2.20. The zero-order chi connectivity index (χ0) is 19.2. The summed E-state index contributed by atoms with van der Waals surface area (Å²) in [6.07, 6.45) is 8.54. The number of carboxylic acids is 2. The van der Waals surface area contributed by atoms with Gasteiger partial charge in [0.15, 0.2) is 0 Å². The Labute approximate surface area is 179 Å². The van der Waals surface area contributed by atoms with Gasteiger partial charge < -0.3 is 19.8 Å². The molecule has 0 unspecified atom stereocenters. The number of hydrogen-bond acceptors (Lipinski definition) is 4. The monoisotopic (exact) mass is 460 g/mol. The van der Waals surface area contributed by atoms with E-state index in [0.717, 1.165) is 38.5 Å². The van der Waals surface area contributed by atoms with Crippen LogP contribution in [0.3, 0.4) is 0 Å². The van der Waals surface area contributed by atoms with Crippen molar-refractivity contribution in [3.8, 4) is 0 Å². The fraction of sp³-hybridized carbons (Fsp3) is 0.900. The first kappa shape index (κ1) is 33.3. The molecule has 0 aliphatic heterocycles. The summed E-state index contributed by atoms with van der Waals surface area (Å²) in [5.41, 5.74) is 0.753. The molecule has 0 atom stereocenters. The Bertz CT molecular complexity index is 313. The third-order valence-electron chi connectivity index (χ3n) is 3.62. The largest absolute Gasteiger partial charge is 0.550 e. The molecule has 0 aromatic rings. The Hall–Kier alpha value is -0.255. The van der Waals surface area contributed by atoms with Gasteiger partial charge in [0.05, 0.1) is 0 Å². The summed E-state index contributed by atoms with van der Waals surface area (Å²) in [6.45, 7) is 13.2. The molecule has 0 aromatic heterocycles. The van der Waals surface area contributed by atoms with E-state index in [-0.39, 0.29) is 43.6 Å². The second kappa shape index (κ2) is 18.1. The maximum atomic E-state index is 10.0. The molecule has 0 N–H and O–H groups in total. The summed E-state index contributed by atoms with van der Waals surface area (Å²) >= 11 is 0. The summed E-state index contributed by atoms with van der Waals surface area (Å²) in [6, 6.07) is 0. The Morgan fingerprint density at radius 3 is 1.08 bits per heavy atom. The van der Waals surface area contributed by atoms with Gasteiger partial charge in [-0.25, -0.2) is 0 Å². The summed E-state index contributed by atoms with van der Waals surface area (Å²) in [5.74, 6) is -1.85. The molecule has 0 spiro atoms. The molecule has 0 rings (SSSR count). The number of carbonyl (C=O) groups is 2. The van der Waals surface area contributed by atoms with Crippen molar-refractivity contribution in [1.29, 1.82) is 0 Å². The molecule has 0 aliphatic carbocycles. The van der Waals surface area contributed by atoms with Crippen LogP contribution in [0.15, 0.2) is 0 Å². The zero-order valence-corrected chi connectivity index (χ0v) is 19.1. The van der Waals surface area contributed by atoms with Crippen LogP contribution in [0.2, 0.25) is 0 Å². The van der Waals surface area contributed by atoms with E-state index in [1.165, 1.54) is 12.8 Å². The summed E-state index contributed by atoms with van der Waals surface area (Å²) in [5, 5.41) is 20.1. The average Bonchev–Trinajstić information content (AvgIpc) is 2.35. The van der Waals surface area contributed by atoms with Gasteiger partial charge in [-0.2, -0.15) is 0 Å². The quantitative estimate of drug-likeness (QED) is 0.370. The molecule has 0 saturated heterocycles. The van der Waals surface area contributed by atoms with Crippen LogP contribution in [0, 0.1) is 10.8 Å². The molecule has 0 saturated carbocycles. The van der Waals surface area contributed by atoms with Gasteiger partial charge in [0.2, 0.25) is 0 Å². The van der Waals surface area contributed by atoms with Gasteiger partial charge in [0.1, 0.15) is 0 Å². The van der Waals surface area contributed by atoms with Crippen molar-refractivity contribution in [3.05, 3.63) is 0 Å². The van der Waals surface area contributed by atoms with Gasteiger partial charge in [-0.05, 0) is 49.4 Å². The molecule has 0 heterocycles. The Balaban J connectivity index is -0.000000173. The zero-order valence-electron chi connectivity index (χ0n) is 17.6. The van der Waals surface area contributed by atoms with E-state index in [9.17, 15) is 19.8 Å². The van der Waals surface area contributed by atoms with Crippen LogP contribution in [0.5, 0.6) is 0 Å². The van der Waals surface area contributed by atoms with E-state index in [2.05, 4.69) is 41.5 Å². The van der Waals surface area contributed by atoms with E-state index < -0.39 is 11.9 Å². The standard InChI is InChI=1S/2C10H20O2.Ag.B/c2*1-10(2,3)8-6-4-5-7-9(11)12;;/h2*4-8H2,1-3H3,(H,11,12);;/p-2. The number of aliphatic carboxylic acids is 2. The van der Waals surface area contributed by atoms with Crippen LogP contribution in [0.25, 0.3) is 0 Å². The van der Waals surface area contributed by atoms with Crippen LogP contribution in [-0.4, -0.2) is 20.4 Å². The molecular formula is C20H38AgBO4-2. The third kappa shape index (κ3) is 39.0. The first-order valence-corrected chi connectivity index (χ1v) is 9.23. The van der Waals surface area contributed by atoms with Crippen molar-refractivity contribution in [2.24, 2.45) is 10.8 Å². The van der Waals surface area contributed by atoms with Gasteiger partial charge in [-0.15, -0.1) is 0 Å². The van der Waals surface area contributed by atoms with Gasteiger partial charge in [-0.3, -0.25) is 0 Å². The first-order chi connectivity index (χ1) is 10.8. The molecule has 0 bridgehead atoms. The van der Waals surface area contributed by atoms with Crippen LogP contribution < -0.4 is 10.2 Å². The minimum Gasteiger partial charge on any atom is -0.550 e.